The Balaban J connectivity index is 2.27. The van der Waals surface area contributed by atoms with E-state index in [4.69, 9.17) is 4.74 Å². The van der Waals surface area contributed by atoms with Crippen LogP contribution >= 0.6 is 0 Å². The van der Waals surface area contributed by atoms with Crippen LogP contribution in [0.3, 0.4) is 0 Å². The molecule has 0 fully saturated rings. The van der Waals surface area contributed by atoms with E-state index in [0.29, 0.717) is 13.0 Å². The molecule has 0 saturated heterocycles. The molecule has 1 aromatic rings. The Morgan fingerprint density at radius 1 is 1.53 bits per heavy atom. The summed E-state index contributed by atoms with van der Waals surface area (Å²) in [5, 5.41) is 0. The van der Waals surface area contributed by atoms with Crippen LogP contribution in [0, 0.1) is 0 Å². The molecule has 0 aliphatic carbocycles. The number of ether oxygens (including phenoxy) is 2. The summed E-state index contributed by atoms with van der Waals surface area (Å²) in [5.74, 6) is -0.200. The SMILES string of the molecule is COC(=O)Cc1cccc2c1COCC2. The van der Waals surface area contributed by atoms with Crippen LogP contribution < -0.4 is 0 Å². The molecule has 0 radical (unpaired) electrons. The molecule has 80 valence electrons. The molecule has 15 heavy (non-hydrogen) atoms. The first-order chi connectivity index (χ1) is 7.31. The van der Waals surface area contributed by atoms with Crippen LogP contribution in [-0.2, 0) is 33.7 Å². The third kappa shape index (κ3) is 2.18. The maximum Gasteiger partial charge on any atom is 0.309 e. The van der Waals surface area contributed by atoms with E-state index >= 15 is 0 Å². The van der Waals surface area contributed by atoms with Gasteiger partial charge < -0.3 is 9.47 Å². The Kier molecular flexibility index (Phi) is 3.02. The van der Waals surface area contributed by atoms with E-state index in [-0.39, 0.29) is 5.97 Å². The Morgan fingerprint density at radius 3 is 3.20 bits per heavy atom. The fourth-order valence-electron chi connectivity index (χ4n) is 1.86. The molecule has 1 aliphatic heterocycles. The lowest BCUT2D eigenvalue weighted by atomic mass is 9.96. The number of rotatable bonds is 2. The molecule has 0 atom stereocenters. The molecule has 1 heterocycles. The van der Waals surface area contributed by atoms with E-state index in [0.717, 1.165) is 24.2 Å². The van der Waals surface area contributed by atoms with Gasteiger partial charge in [0.05, 0.1) is 26.7 Å². The fourth-order valence-corrected chi connectivity index (χ4v) is 1.86. The predicted molar refractivity (Wildman–Crippen MR) is 55.5 cm³/mol. The highest BCUT2D eigenvalue weighted by molar-refractivity contribution is 5.73. The van der Waals surface area contributed by atoms with E-state index in [1.54, 1.807) is 0 Å². The molecule has 0 bridgehead atoms. The van der Waals surface area contributed by atoms with Gasteiger partial charge in [0.15, 0.2) is 0 Å². The summed E-state index contributed by atoms with van der Waals surface area (Å²) in [6.07, 6.45) is 1.27. The highest BCUT2D eigenvalue weighted by Gasteiger charge is 2.15. The van der Waals surface area contributed by atoms with Gasteiger partial charge in [0, 0.05) is 0 Å². The monoisotopic (exact) mass is 206 g/mol. The van der Waals surface area contributed by atoms with Crippen molar-refractivity contribution in [3.63, 3.8) is 0 Å². The summed E-state index contributed by atoms with van der Waals surface area (Å²) in [4.78, 5) is 11.2. The van der Waals surface area contributed by atoms with E-state index in [1.807, 2.05) is 12.1 Å². The number of methoxy groups -OCH3 is 1. The van der Waals surface area contributed by atoms with Crippen LogP contribution in [0.15, 0.2) is 18.2 Å². The fraction of sp³-hybridized carbons (Fsp3) is 0.417. The topological polar surface area (TPSA) is 35.5 Å². The van der Waals surface area contributed by atoms with Gasteiger partial charge in [-0.1, -0.05) is 18.2 Å². The molecule has 1 aromatic carbocycles. The zero-order valence-electron chi connectivity index (χ0n) is 8.79. The number of carbonyl (C=O) groups is 1. The second kappa shape index (κ2) is 4.45. The molecule has 0 aromatic heterocycles. The van der Waals surface area contributed by atoms with Gasteiger partial charge in [-0.15, -0.1) is 0 Å². The van der Waals surface area contributed by atoms with E-state index < -0.39 is 0 Å². The normalized spacial score (nSPS) is 14.5. The van der Waals surface area contributed by atoms with Crippen LogP contribution in [-0.4, -0.2) is 19.7 Å². The van der Waals surface area contributed by atoms with E-state index in [2.05, 4.69) is 10.8 Å². The van der Waals surface area contributed by atoms with Gasteiger partial charge in [0.25, 0.3) is 0 Å². The smallest absolute Gasteiger partial charge is 0.309 e. The largest absolute Gasteiger partial charge is 0.469 e. The Labute approximate surface area is 89.0 Å². The highest BCUT2D eigenvalue weighted by atomic mass is 16.5. The zero-order chi connectivity index (χ0) is 10.7. The number of carbonyl (C=O) groups excluding carboxylic acids is 1. The summed E-state index contributed by atoms with van der Waals surface area (Å²) in [7, 11) is 1.41. The zero-order valence-corrected chi connectivity index (χ0v) is 8.79. The van der Waals surface area contributed by atoms with Crippen molar-refractivity contribution in [3.8, 4) is 0 Å². The van der Waals surface area contributed by atoms with Crippen molar-refractivity contribution in [1.29, 1.82) is 0 Å². The lowest BCUT2D eigenvalue weighted by molar-refractivity contribution is -0.139. The molecule has 3 nitrogen and oxygen atoms in total. The van der Waals surface area contributed by atoms with Gasteiger partial charge in [-0.25, -0.2) is 0 Å². The van der Waals surface area contributed by atoms with Crippen molar-refractivity contribution in [1.82, 2.24) is 0 Å². The van der Waals surface area contributed by atoms with Gasteiger partial charge in [0.1, 0.15) is 0 Å². The lowest BCUT2D eigenvalue weighted by Gasteiger charge is -2.19. The Morgan fingerprint density at radius 2 is 2.40 bits per heavy atom. The van der Waals surface area contributed by atoms with Crippen LogP contribution in [0.4, 0.5) is 0 Å². The second-order valence-corrected chi connectivity index (χ2v) is 3.61. The molecule has 0 unspecified atom stereocenters. The maximum atomic E-state index is 11.2. The first-order valence-electron chi connectivity index (χ1n) is 5.05. The molecular weight excluding hydrogens is 192 g/mol. The highest BCUT2D eigenvalue weighted by Crippen LogP contribution is 2.21. The minimum Gasteiger partial charge on any atom is -0.469 e. The standard InChI is InChI=1S/C12H14O3/c1-14-12(13)7-10-4-2-3-9-5-6-15-8-11(9)10/h2-4H,5-8H2,1H3. The molecule has 1 aliphatic rings. The number of esters is 1. The van der Waals surface area contributed by atoms with Crippen LogP contribution in [0.1, 0.15) is 16.7 Å². The van der Waals surface area contributed by atoms with Gasteiger partial charge >= 0.3 is 5.97 Å². The third-order valence-electron chi connectivity index (χ3n) is 2.69. The van der Waals surface area contributed by atoms with Crippen LogP contribution in [0.2, 0.25) is 0 Å². The molecule has 0 saturated carbocycles. The minimum absolute atomic E-state index is 0.200. The van der Waals surface area contributed by atoms with Gasteiger partial charge in [0.2, 0.25) is 0 Å². The number of fused-ring (bicyclic) bond motifs is 1. The molecule has 0 spiro atoms. The van der Waals surface area contributed by atoms with Gasteiger partial charge in [-0.2, -0.15) is 0 Å². The molecule has 3 heteroatoms. The van der Waals surface area contributed by atoms with Gasteiger partial charge in [-0.3, -0.25) is 4.79 Å². The number of hydrogen-bond acceptors (Lipinski definition) is 3. The van der Waals surface area contributed by atoms with Crippen molar-refractivity contribution in [2.75, 3.05) is 13.7 Å². The molecule has 2 rings (SSSR count). The average Bonchev–Trinajstić information content (AvgIpc) is 2.29. The summed E-state index contributed by atoms with van der Waals surface area (Å²) in [6.45, 7) is 1.39. The molecule has 0 N–H and O–H groups in total. The first-order valence-corrected chi connectivity index (χ1v) is 5.05. The van der Waals surface area contributed by atoms with Crippen molar-refractivity contribution in [3.05, 3.63) is 34.9 Å². The van der Waals surface area contributed by atoms with E-state index in [9.17, 15) is 4.79 Å². The van der Waals surface area contributed by atoms with Crippen molar-refractivity contribution < 1.29 is 14.3 Å². The molecule has 0 amide bonds. The number of hydrogen-bond donors (Lipinski definition) is 0. The summed E-state index contributed by atoms with van der Waals surface area (Å²) in [5.41, 5.74) is 3.48. The van der Waals surface area contributed by atoms with Crippen LogP contribution in [0.5, 0.6) is 0 Å². The van der Waals surface area contributed by atoms with Crippen molar-refractivity contribution in [2.45, 2.75) is 19.4 Å². The number of benzene rings is 1. The summed E-state index contributed by atoms with van der Waals surface area (Å²) >= 11 is 0. The van der Waals surface area contributed by atoms with Crippen LogP contribution in [0.25, 0.3) is 0 Å². The van der Waals surface area contributed by atoms with Crippen molar-refractivity contribution >= 4 is 5.97 Å². The Bertz CT molecular complexity index is 371. The Hall–Kier alpha value is -1.35. The first kappa shape index (κ1) is 10.2. The maximum absolute atomic E-state index is 11.2. The minimum atomic E-state index is -0.200. The predicted octanol–water partition coefficient (Wildman–Crippen LogP) is 1.47. The quantitative estimate of drug-likeness (QED) is 0.687. The summed E-state index contributed by atoms with van der Waals surface area (Å²) in [6, 6.07) is 6.05. The second-order valence-electron chi connectivity index (χ2n) is 3.61. The third-order valence-corrected chi connectivity index (χ3v) is 2.69. The molecular formula is C12H14O3. The summed E-state index contributed by atoms with van der Waals surface area (Å²) < 4.78 is 10.1. The lowest BCUT2D eigenvalue weighted by Crippen LogP contribution is -2.14. The average molecular weight is 206 g/mol. The van der Waals surface area contributed by atoms with E-state index in [1.165, 1.54) is 12.7 Å². The van der Waals surface area contributed by atoms with Crippen molar-refractivity contribution in [2.24, 2.45) is 0 Å². The van der Waals surface area contributed by atoms with Gasteiger partial charge in [-0.05, 0) is 23.1 Å².